The van der Waals surface area contributed by atoms with E-state index in [2.05, 4.69) is 5.32 Å². The molecule has 0 heterocycles. The Balaban J connectivity index is 1.84. The first kappa shape index (κ1) is 14.3. The summed E-state index contributed by atoms with van der Waals surface area (Å²) in [5.41, 5.74) is 4.51. The molecule has 0 unspecified atom stereocenters. The maximum Gasteiger partial charge on any atom is 0.221 e. The summed E-state index contributed by atoms with van der Waals surface area (Å²) >= 11 is 0. The molecular formula is C19H17NO2. The Hall–Kier alpha value is -2.68. The molecule has 1 aliphatic rings. The van der Waals surface area contributed by atoms with Crippen molar-refractivity contribution in [3.63, 3.8) is 0 Å². The van der Waals surface area contributed by atoms with Crippen LogP contribution in [0.5, 0.6) is 0 Å². The number of ketones is 1. The molecule has 2 aromatic rings. The molecule has 0 spiro atoms. The summed E-state index contributed by atoms with van der Waals surface area (Å²) in [5, 5.41) is 2.73. The Kier molecular flexibility index (Phi) is 3.88. The van der Waals surface area contributed by atoms with E-state index in [9.17, 15) is 9.59 Å². The van der Waals surface area contributed by atoms with Crippen LogP contribution in [0.25, 0.3) is 6.08 Å². The molecule has 110 valence electrons. The van der Waals surface area contributed by atoms with Crippen molar-refractivity contribution < 1.29 is 9.59 Å². The van der Waals surface area contributed by atoms with E-state index in [1.54, 1.807) is 0 Å². The Morgan fingerprint density at radius 3 is 2.50 bits per heavy atom. The molecule has 0 radical (unpaired) electrons. The number of Topliss-reactive ketones (excluding diaryl/α,β-unsaturated/α-hetero) is 1. The minimum absolute atomic E-state index is 0.0924. The minimum Gasteiger partial charge on any atom is -0.326 e. The number of hydrogen-bond donors (Lipinski definition) is 1. The summed E-state index contributed by atoms with van der Waals surface area (Å²) in [7, 11) is 0. The zero-order valence-electron chi connectivity index (χ0n) is 12.4. The van der Waals surface area contributed by atoms with Crippen molar-refractivity contribution in [3.8, 4) is 0 Å². The van der Waals surface area contributed by atoms with Crippen molar-refractivity contribution in [2.24, 2.45) is 0 Å². The number of hydrogen-bond acceptors (Lipinski definition) is 2. The second kappa shape index (κ2) is 5.98. The van der Waals surface area contributed by atoms with Crippen molar-refractivity contribution in [2.45, 2.75) is 19.8 Å². The molecule has 0 atom stereocenters. The van der Waals surface area contributed by atoms with Crippen LogP contribution in [0.2, 0.25) is 0 Å². The van der Waals surface area contributed by atoms with E-state index in [-0.39, 0.29) is 11.7 Å². The maximum absolute atomic E-state index is 12.5. The molecule has 3 nitrogen and oxygen atoms in total. The molecule has 0 aliphatic heterocycles. The first-order chi connectivity index (χ1) is 10.6. The number of allylic oxidation sites excluding steroid dienone is 1. The fourth-order valence-electron chi connectivity index (χ4n) is 2.72. The summed E-state index contributed by atoms with van der Waals surface area (Å²) in [6.07, 6.45) is 3.61. The second-order valence-electron chi connectivity index (χ2n) is 5.46. The fraction of sp³-hybridized carbons (Fsp3) is 0.158. The highest BCUT2D eigenvalue weighted by atomic mass is 16.1. The van der Waals surface area contributed by atoms with Crippen LogP contribution < -0.4 is 5.32 Å². The van der Waals surface area contributed by atoms with Crippen LogP contribution in [0.4, 0.5) is 5.69 Å². The highest BCUT2D eigenvalue weighted by molar-refractivity contribution is 6.13. The third-order valence-electron chi connectivity index (χ3n) is 3.79. The molecule has 0 bridgehead atoms. The van der Waals surface area contributed by atoms with Gasteiger partial charge in [-0.25, -0.2) is 0 Å². The van der Waals surface area contributed by atoms with Gasteiger partial charge in [-0.05, 0) is 42.2 Å². The number of anilines is 1. The van der Waals surface area contributed by atoms with Crippen LogP contribution in [0.1, 0.15) is 34.8 Å². The Morgan fingerprint density at radius 1 is 1.05 bits per heavy atom. The molecule has 3 rings (SSSR count). The van der Waals surface area contributed by atoms with Gasteiger partial charge in [0.2, 0.25) is 5.91 Å². The van der Waals surface area contributed by atoms with E-state index in [4.69, 9.17) is 0 Å². The van der Waals surface area contributed by atoms with Gasteiger partial charge in [-0.2, -0.15) is 0 Å². The third kappa shape index (κ3) is 2.98. The zero-order chi connectivity index (χ0) is 15.5. The smallest absolute Gasteiger partial charge is 0.221 e. The van der Waals surface area contributed by atoms with Gasteiger partial charge in [0.05, 0.1) is 0 Å². The molecule has 0 aromatic heterocycles. The number of carbonyl (C=O) groups excluding carboxylic acids is 2. The highest BCUT2D eigenvalue weighted by Crippen LogP contribution is 2.26. The van der Waals surface area contributed by atoms with E-state index in [0.717, 1.165) is 40.8 Å². The standard InChI is InChI=1S/C19H17NO2/c1-13(21)20-17-10-6-14(7-11-17)12-16-9-8-15-4-2-3-5-18(15)19(16)22/h2-7,10-12H,8-9H2,1H3,(H,20,21)/b16-12-. The van der Waals surface area contributed by atoms with Gasteiger partial charge in [0.25, 0.3) is 0 Å². The summed E-state index contributed by atoms with van der Waals surface area (Å²) in [5.74, 6) is 0.0259. The summed E-state index contributed by atoms with van der Waals surface area (Å²) in [4.78, 5) is 23.5. The molecule has 1 N–H and O–H groups in total. The molecule has 2 aromatic carbocycles. The summed E-state index contributed by atoms with van der Waals surface area (Å²) < 4.78 is 0. The lowest BCUT2D eigenvalue weighted by atomic mass is 9.86. The maximum atomic E-state index is 12.5. The van der Waals surface area contributed by atoms with E-state index in [0.29, 0.717) is 0 Å². The zero-order valence-corrected chi connectivity index (χ0v) is 12.4. The molecular weight excluding hydrogens is 274 g/mol. The second-order valence-corrected chi connectivity index (χ2v) is 5.46. The number of rotatable bonds is 2. The van der Waals surface area contributed by atoms with E-state index >= 15 is 0 Å². The lowest BCUT2D eigenvalue weighted by molar-refractivity contribution is -0.114. The molecule has 22 heavy (non-hydrogen) atoms. The van der Waals surface area contributed by atoms with E-state index < -0.39 is 0 Å². The van der Waals surface area contributed by atoms with Crippen molar-refractivity contribution in [1.29, 1.82) is 0 Å². The van der Waals surface area contributed by atoms with E-state index in [1.807, 2.05) is 54.6 Å². The van der Waals surface area contributed by atoms with Gasteiger partial charge in [-0.3, -0.25) is 9.59 Å². The number of fused-ring (bicyclic) bond motifs is 1. The van der Waals surface area contributed by atoms with Crippen molar-refractivity contribution >= 4 is 23.5 Å². The minimum atomic E-state index is -0.0924. The van der Waals surface area contributed by atoms with Gasteiger partial charge in [-0.1, -0.05) is 36.4 Å². The predicted octanol–water partition coefficient (Wildman–Crippen LogP) is 3.86. The Morgan fingerprint density at radius 2 is 1.77 bits per heavy atom. The van der Waals surface area contributed by atoms with Crippen LogP contribution in [0, 0.1) is 0 Å². The van der Waals surface area contributed by atoms with Gasteiger partial charge >= 0.3 is 0 Å². The molecule has 3 heteroatoms. The van der Waals surface area contributed by atoms with Gasteiger partial charge in [-0.15, -0.1) is 0 Å². The molecule has 0 saturated carbocycles. The summed E-state index contributed by atoms with van der Waals surface area (Å²) in [6, 6.07) is 15.3. The van der Waals surface area contributed by atoms with Gasteiger partial charge in [0.15, 0.2) is 5.78 Å². The van der Waals surface area contributed by atoms with Crippen LogP contribution >= 0.6 is 0 Å². The number of aryl methyl sites for hydroxylation is 1. The summed E-state index contributed by atoms with van der Waals surface area (Å²) in [6.45, 7) is 1.48. The quantitative estimate of drug-likeness (QED) is 0.854. The third-order valence-corrected chi connectivity index (χ3v) is 3.79. The lowest BCUT2D eigenvalue weighted by Crippen LogP contribution is -2.13. The normalized spacial score (nSPS) is 15.5. The largest absolute Gasteiger partial charge is 0.326 e. The Labute approximate surface area is 129 Å². The lowest BCUT2D eigenvalue weighted by Gasteiger charge is -2.17. The van der Waals surface area contributed by atoms with E-state index in [1.165, 1.54) is 6.92 Å². The Bertz CT molecular complexity index is 757. The SMILES string of the molecule is CC(=O)Nc1ccc(/C=C2/CCc3ccccc3C2=O)cc1. The average molecular weight is 291 g/mol. The van der Waals surface area contributed by atoms with Crippen LogP contribution in [0.15, 0.2) is 54.1 Å². The topological polar surface area (TPSA) is 46.2 Å². The monoisotopic (exact) mass is 291 g/mol. The highest BCUT2D eigenvalue weighted by Gasteiger charge is 2.20. The van der Waals surface area contributed by atoms with Crippen molar-refractivity contribution in [2.75, 3.05) is 5.32 Å². The van der Waals surface area contributed by atoms with Crippen molar-refractivity contribution in [3.05, 3.63) is 70.8 Å². The van der Waals surface area contributed by atoms with Crippen LogP contribution in [-0.2, 0) is 11.2 Å². The van der Waals surface area contributed by atoms with Crippen LogP contribution in [-0.4, -0.2) is 11.7 Å². The van der Waals surface area contributed by atoms with Gasteiger partial charge in [0, 0.05) is 23.7 Å². The molecule has 0 saturated heterocycles. The predicted molar refractivity (Wildman–Crippen MR) is 87.8 cm³/mol. The number of benzene rings is 2. The first-order valence-electron chi connectivity index (χ1n) is 7.34. The van der Waals surface area contributed by atoms with Gasteiger partial charge < -0.3 is 5.32 Å². The number of nitrogens with one attached hydrogen (secondary N) is 1. The van der Waals surface area contributed by atoms with Gasteiger partial charge in [0.1, 0.15) is 0 Å². The number of amides is 1. The molecule has 1 aliphatic carbocycles. The first-order valence-corrected chi connectivity index (χ1v) is 7.34. The van der Waals surface area contributed by atoms with Crippen molar-refractivity contribution in [1.82, 2.24) is 0 Å². The fourth-order valence-corrected chi connectivity index (χ4v) is 2.72. The molecule has 0 fully saturated rings. The van der Waals surface area contributed by atoms with Crippen LogP contribution in [0.3, 0.4) is 0 Å². The average Bonchev–Trinajstić information content (AvgIpc) is 2.52. The molecule has 1 amide bonds. The number of carbonyl (C=O) groups is 2.